The van der Waals surface area contributed by atoms with Gasteiger partial charge in [-0.1, -0.05) is 66.7 Å². The highest BCUT2D eigenvalue weighted by molar-refractivity contribution is 6.05. The van der Waals surface area contributed by atoms with Gasteiger partial charge in [0.1, 0.15) is 0 Å². The first kappa shape index (κ1) is 25.1. The van der Waals surface area contributed by atoms with Crippen molar-refractivity contribution in [3.8, 4) is 0 Å². The molecule has 2 N–H and O–H groups in total. The molecule has 38 heavy (non-hydrogen) atoms. The van der Waals surface area contributed by atoms with Crippen molar-refractivity contribution >= 4 is 23.2 Å². The summed E-state index contributed by atoms with van der Waals surface area (Å²) in [6.45, 7) is 4.67. The van der Waals surface area contributed by atoms with Crippen molar-refractivity contribution in [3.05, 3.63) is 137 Å². The van der Waals surface area contributed by atoms with Crippen molar-refractivity contribution in [1.82, 2.24) is 10.3 Å². The smallest absolute Gasteiger partial charge is 0.271 e. The molecule has 0 spiro atoms. The first-order valence-electron chi connectivity index (χ1n) is 12.7. The molecule has 4 aromatic rings. The van der Waals surface area contributed by atoms with Gasteiger partial charge in [0.15, 0.2) is 0 Å². The molecule has 6 heteroatoms. The second-order valence-corrected chi connectivity index (χ2v) is 9.46. The summed E-state index contributed by atoms with van der Waals surface area (Å²) < 4.78 is 0. The lowest BCUT2D eigenvalue weighted by atomic mass is 9.99. The molecule has 1 heterocycles. The fraction of sp³-hybridized carbons (Fsp3) is 0.156. The molecule has 190 valence electrons. The Kier molecular flexibility index (Phi) is 7.71. The molecule has 0 fully saturated rings. The van der Waals surface area contributed by atoms with E-state index < -0.39 is 0 Å². The van der Waals surface area contributed by atoms with E-state index in [1.54, 1.807) is 12.1 Å². The Bertz CT molecular complexity index is 1450. The van der Waals surface area contributed by atoms with Crippen LogP contribution in [0.3, 0.4) is 0 Å². The number of anilines is 1. The molecule has 0 saturated carbocycles. The zero-order valence-corrected chi connectivity index (χ0v) is 21.4. The predicted molar refractivity (Wildman–Crippen MR) is 151 cm³/mol. The Hall–Kier alpha value is -4.55. The van der Waals surface area contributed by atoms with Crippen LogP contribution < -0.4 is 10.7 Å². The monoisotopic (exact) mass is 502 g/mol. The van der Waals surface area contributed by atoms with E-state index in [4.69, 9.17) is 0 Å². The molecule has 0 bridgehead atoms. The highest BCUT2D eigenvalue weighted by Gasteiger charge is 2.16. The number of hydrazone groups is 1. The zero-order valence-electron chi connectivity index (χ0n) is 21.4. The maximum Gasteiger partial charge on any atom is 0.271 e. The number of hydrogen-bond donors (Lipinski definition) is 2. The number of nitrogens with one attached hydrogen (secondary N) is 2. The van der Waals surface area contributed by atoms with Crippen LogP contribution in [0, 0.1) is 0 Å². The lowest BCUT2D eigenvalue weighted by Crippen LogP contribution is -2.30. The maximum atomic E-state index is 12.7. The summed E-state index contributed by atoms with van der Waals surface area (Å²) in [6.07, 6.45) is 1.07. The van der Waals surface area contributed by atoms with E-state index in [-0.39, 0.29) is 11.8 Å². The fourth-order valence-corrected chi connectivity index (χ4v) is 4.56. The second-order valence-electron chi connectivity index (χ2n) is 9.46. The maximum absolute atomic E-state index is 12.7. The summed E-state index contributed by atoms with van der Waals surface area (Å²) in [5, 5.41) is 7.15. The molecule has 0 unspecified atom stereocenters. The molecule has 0 aromatic heterocycles. The van der Waals surface area contributed by atoms with Gasteiger partial charge < -0.3 is 5.32 Å². The van der Waals surface area contributed by atoms with Gasteiger partial charge in [-0.2, -0.15) is 5.10 Å². The molecule has 2 amide bonds. The molecule has 6 nitrogen and oxygen atoms in total. The first-order valence-corrected chi connectivity index (χ1v) is 12.7. The summed E-state index contributed by atoms with van der Waals surface area (Å²) in [6, 6.07) is 32.7. The number of amides is 2. The Morgan fingerprint density at radius 2 is 1.37 bits per heavy atom. The predicted octanol–water partition coefficient (Wildman–Crippen LogP) is 5.65. The van der Waals surface area contributed by atoms with Crippen LogP contribution in [0.15, 0.2) is 108 Å². The number of hydrogen-bond acceptors (Lipinski definition) is 4. The lowest BCUT2D eigenvalue weighted by Gasteiger charge is -2.28. The number of carbonyl (C=O) groups is 2. The minimum absolute atomic E-state index is 0.164. The molecule has 0 radical (unpaired) electrons. The van der Waals surface area contributed by atoms with Gasteiger partial charge in [0.05, 0.1) is 5.71 Å². The number of carbonyl (C=O) groups excluding carboxylic acids is 2. The average Bonchev–Trinajstić information content (AvgIpc) is 2.97. The van der Waals surface area contributed by atoms with Crippen molar-refractivity contribution in [2.75, 3.05) is 11.9 Å². The molecule has 4 aromatic carbocycles. The van der Waals surface area contributed by atoms with E-state index in [0.717, 1.165) is 31.6 Å². The van der Waals surface area contributed by atoms with Gasteiger partial charge in [-0.05, 0) is 72.0 Å². The van der Waals surface area contributed by atoms with Gasteiger partial charge in [-0.25, -0.2) is 5.43 Å². The molecule has 5 rings (SSSR count). The van der Waals surface area contributed by atoms with Crippen LogP contribution in [0.4, 0.5) is 5.69 Å². The highest BCUT2D eigenvalue weighted by Crippen LogP contribution is 2.20. The number of benzene rings is 4. The summed E-state index contributed by atoms with van der Waals surface area (Å²) in [7, 11) is 0. The van der Waals surface area contributed by atoms with Crippen molar-refractivity contribution in [1.29, 1.82) is 0 Å². The largest absolute Gasteiger partial charge is 0.322 e. The van der Waals surface area contributed by atoms with Crippen LogP contribution in [0.25, 0.3) is 0 Å². The third-order valence-corrected chi connectivity index (χ3v) is 6.75. The van der Waals surface area contributed by atoms with E-state index >= 15 is 0 Å². The van der Waals surface area contributed by atoms with Crippen molar-refractivity contribution < 1.29 is 9.59 Å². The Morgan fingerprint density at radius 1 is 0.737 bits per heavy atom. The van der Waals surface area contributed by atoms with Crippen molar-refractivity contribution in [3.63, 3.8) is 0 Å². The van der Waals surface area contributed by atoms with Crippen LogP contribution in [-0.2, 0) is 19.5 Å². The average molecular weight is 503 g/mol. The van der Waals surface area contributed by atoms with E-state index in [2.05, 4.69) is 45.0 Å². The van der Waals surface area contributed by atoms with Crippen LogP contribution >= 0.6 is 0 Å². The first-order chi connectivity index (χ1) is 18.5. The molecule has 1 aliphatic heterocycles. The van der Waals surface area contributed by atoms with Gasteiger partial charge in [0.25, 0.3) is 11.8 Å². The summed E-state index contributed by atoms with van der Waals surface area (Å²) in [5.74, 6) is -0.419. The van der Waals surface area contributed by atoms with Gasteiger partial charge in [0, 0.05) is 36.4 Å². The molecular weight excluding hydrogens is 472 g/mol. The molecule has 1 aliphatic rings. The summed E-state index contributed by atoms with van der Waals surface area (Å²) in [5.41, 5.74) is 10.0. The van der Waals surface area contributed by atoms with Crippen molar-refractivity contribution in [2.24, 2.45) is 5.10 Å². The third kappa shape index (κ3) is 6.22. The quantitative estimate of drug-likeness (QED) is 0.253. The van der Waals surface area contributed by atoms with E-state index in [1.807, 2.05) is 73.7 Å². The van der Waals surface area contributed by atoms with Crippen molar-refractivity contribution in [2.45, 2.75) is 26.4 Å². The minimum Gasteiger partial charge on any atom is -0.322 e. The molecule has 0 atom stereocenters. The Labute approximate surface area is 223 Å². The Balaban J connectivity index is 1.13. The molecule has 0 aliphatic carbocycles. The standard InChI is InChI=1S/C32H30N4O2/c1-23(25-15-17-30(18-16-25)33-31(37)27-8-3-2-4-9-27)34-35-32(38)28-13-11-24(12-14-28)21-36-20-19-26-7-5-6-10-29(26)22-36/h2-18H,19-22H2,1H3,(H,33,37)(H,35,38)/b34-23-. The second kappa shape index (κ2) is 11.7. The third-order valence-electron chi connectivity index (χ3n) is 6.75. The molecular formula is C32H30N4O2. The van der Waals surface area contributed by atoms with E-state index in [1.165, 1.54) is 16.7 Å². The Morgan fingerprint density at radius 3 is 2.11 bits per heavy atom. The van der Waals surface area contributed by atoms with Crippen LogP contribution in [0.5, 0.6) is 0 Å². The van der Waals surface area contributed by atoms with Gasteiger partial charge >= 0.3 is 0 Å². The topological polar surface area (TPSA) is 73.8 Å². The summed E-state index contributed by atoms with van der Waals surface area (Å²) in [4.78, 5) is 27.4. The van der Waals surface area contributed by atoms with E-state index in [9.17, 15) is 9.59 Å². The van der Waals surface area contributed by atoms with Gasteiger partial charge in [-0.3, -0.25) is 14.5 Å². The molecule has 0 saturated heterocycles. The van der Waals surface area contributed by atoms with E-state index in [0.29, 0.717) is 22.5 Å². The van der Waals surface area contributed by atoms with Crippen LogP contribution in [0.2, 0.25) is 0 Å². The van der Waals surface area contributed by atoms with Gasteiger partial charge in [0.2, 0.25) is 0 Å². The number of rotatable bonds is 7. The van der Waals surface area contributed by atoms with Crippen LogP contribution in [0.1, 0.15) is 49.9 Å². The zero-order chi connectivity index (χ0) is 26.3. The fourth-order valence-electron chi connectivity index (χ4n) is 4.56. The highest BCUT2D eigenvalue weighted by atomic mass is 16.2. The normalized spacial score (nSPS) is 13.4. The SMILES string of the molecule is C/C(=N/NC(=O)c1ccc(CN2CCc3ccccc3C2)cc1)c1ccc(NC(=O)c2ccccc2)cc1. The lowest BCUT2D eigenvalue weighted by molar-refractivity contribution is 0.0954. The number of fused-ring (bicyclic) bond motifs is 1. The minimum atomic E-state index is -0.255. The summed E-state index contributed by atoms with van der Waals surface area (Å²) >= 11 is 0. The van der Waals surface area contributed by atoms with Gasteiger partial charge in [-0.15, -0.1) is 0 Å². The number of nitrogens with zero attached hydrogens (tertiary/aromatic N) is 2. The van der Waals surface area contributed by atoms with Crippen LogP contribution in [-0.4, -0.2) is 29.0 Å².